The molecule has 0 aliphatic carbocycles. The zero-order valence-corrected chi connectivity index (χ0v) is 16.0. The zero-order chi connectivity index (χ0) is 19.3. The number of benzene rings is 1. The van der Waals surface area contributed by atoms with Crippen LogP contribution in [0.4, 0.5) is 8.78 Å². The average molecular weight is 401 g/mol. The van der Waals surface area contributed by atoms with Crippen LogP contribution < -0.4 is 5.73 Å². The summed E-state index contributed by atoms with van der Waals surface area (Å²) in [6, 6.07) is 2.92. The van der Waals surface area contributed by atoms with Crippen molar-refractivity contribution in [3.05, 3.63) is 35.4 Å². The van der Waals surface area contributed by atoms with E-state index in [1.807, 2.05) is 0 Å². The molecule has 0 radical (unpaired) electrons. The van der Waals surface area contributed by atoms with Crippen LogP contribution in [-0.4, -0.2) is 68.2 Å². The summed E-state index contributed by atoms with van der Waals surface area (Å²) in [5, 5.41) is 0. The quantitative estimate of drug-likeness (QED) is 0.821. The van der Waals surface area contributed by atoms with Gasteiger partial charge in [0.25, 0.3) is 0 Å². The van der Waals surface area contributed by atoms with E-state index in [1.165, 1.54) is 6.26 Å². The van der Waals surface area contributed by atoms with E-state index < -0.39 is 33.8 Å². The highest BCUT2D eigenvalue weighted by molar-refractivity contribution is 7.88. The number of hydrogen-bond acceptors (Lipinski definition) is 5. The Morgan fingerprint density at radius 1 is 1.26 bits per heavy atom. The van der Waals surface area contributed by atoms with Crippen LogP contribution >= 0.6 is 0 Å². The summed E-state index contributed by atoms with van der Waals surface area (Å²) in [5.41, 5.74) is 6.41. The Labute approximate surface area is 158 Å². The Balaban J connectivity index is 1.43. The van der Waals surface area contributed by atoms with Gasteiger partial charge in [-0.3, -0.25) is 4.90 Å². The normalized spacial score (nSPS) is 35.5. The molecule has 3 saturated heterocycles. The van der Waals surface area contributed by atoms with E-state index in [2.05, 4.69) is 4.90 Å². The van der Waals surface area contributed by atoms with Gasteiger partial charge in [0.15, 0.2) is 0 Å². The molecule has 0 spiro atoms. The minimum absolute atomic E-state index is 0.00890. The summed E-state index contributed by atoms with van der Waals surface area (Å²) in [4.78, 5) is 2.24. The molecule has 0 amide bonds. The van der Waals surface area contributed by atoms with Gasteiger partial charge in [-0.15, -0.1) is 0 Å². The monoisotopic (exact) mass is 401 g/mol. The van der Waals surface area contributed by atoms with E-state index in [1.54, 1.807) is 4.31 Å². The summed E-state index contributed by atoms with van der Waals surface area (Å²) in [7, 11) is -3.20. The molecule has 1 aromatic rings. The highest BCUT2D eigenvalue weighted by Crippen LogP contribution is 2.37. The Kier molecular flexibility index (Phi) is 5.00. The van der Waals surface area contributed by atoms with Crippen molar-refractivity contribution in [3.63, 3.8) is 0 Å². The number of halogens is 2. The van der Waals surface area contributed by atoms with Crippen LogP contribution in [0.3, 0.4) is 0 Å². The predicted molar refractivity (Wildman–Crippen MR) is 96.4 cm³/mol. The molecule has 0 aromatic heterocycles. The topological polar surface area (TPSA) is 75.9 Å². The molecule has 3 aliphatic rings. The van der Waals surface area contributed by atoms with E-state index in [0.29, 0.717) is 32.0 Å². The first-order chi connectivity index (χ1) is 12.7. The van der Waals surface area contributed by atoms with Crippen molar-refractivity contribution in [2.45, 2.75) is 37.1 Å². The largest absolute Gasteiger partial charge is 0.370 e. The number of nitrogens with two attached hydrogens (primary N) is 1. The minimum Gasteiger partial charge on any atom is -0.370 e. The lowest BCUT2D eigenvalue weighted by molar-refractivity contribution is -0.0485. The molecule has 3 aliphatic heterocycles. The summed E-state index contributed by atoms with van der Waals surface area (Å²) in [6.07, 6.45) is 2.05. The summed E-state index contributed by atoms with van der Waals surface area (Å²) in [6.45, 7) is 2.43. The van der Waals surface area contributed by atoms with Crippen LogP contribution in [0.15, 0.2) is 18.2 Å². The molecule has 150 valence electrons. The molecule has 6 nitrogen and oxygen atoms in total. The van der Waals surface area contributed by atoms with Gasteiger partial charge in [0.2, 0.25) is 10.0 Å². The first-order valence-corrected chi connectivity index (χ1v) is 11.1. The molecule has 27 heavy (non-hydrogen) atoms. The molecule has 2 unspecified atom stereocenters. The lowest BCUT2D eigenvalue weighted by atomic mass is 9.93. The van der Waals surface area contributed by atoms with Gasteiger partial charge in [-0.25, -0.2) is 17.2 Å². The van der Waals surface area contributed by atoms with E-state index in [9.17, 15) is 17.2 Å². The summed E-state index contributed by atoms with van der Waals surface area (Å²) < 4.78 is 58.9. The molecule has 5 atom stereocenters. The number of rotatable bonds is 3. The van der Waals surface area contributed by atoms with Crippen molar-refractivity contribution in [1.82, 2.24) is 9.21 Å². The minimum atomic E-state index is -3.20. The van der Waals surface area contributed by atoms with Crippen LogP contribution in [0.1, 0.15) is 24.5 Å². The van der Waals surface area contributed by atoms with Gasteiger partial charge in [-0.05, 0) is 37.0 Å². The first-order valence-electron chi connectivity index (χ1n) is 9.27. The van der Waals surface area contributed by atoms with Crippen LogP contribution in [0.2, 0.25) is 0 Å². The molecular weight excluding hydrogens is 376 g/mol. The van der Waals surface area contributed by atoms with Crippen LogP contribution in [0, 0.1) is 17.6 Å². The second kappa shape index (κ2) is 7.04. The highest BCUT2D eigenvalue weighted by Gasteiger charge is 2.47. The number of nitrogens with zero attached hydrogens (tertiary/aromatic N) is 2. The lowest BCUT2D eigenvalue weighted by Gasteiger charge is -2.39. The SMILES string of the molecule is CS(=O)(=O)N1CCC2CN([C@H]3CO[C@H](c4cc(F)ccc4F)[C@@H](N)C3)CC21. The van der Waals surface area contributed by atoms with Gasteiger partial charge in [0.05, 0.1) is 12.9 Å². The molecule has 0 bridgehead atoms. The lowest BCUT2D eigenvalue weighted by Crippen LogP contribution is -2.50. The van der Waals surface area contributed by atoms with E-state index >= 15 is 0 Å². The van der Waals surface area contributed by atoms with Crippen LogP contribution in [0.25, 0.3) is 0 Å². The molecule has 1 aromatic carbocycles. The fourth-order valence-corrected chi connectivity index (χ4v) is 5.98. The predicted octanol–water partition coefficient (Wildman–Crippen LogP) is 1.09. The van der Waals surface area contributed by atoms with Crippen molar-refractivity contribution in [2.75, 3.05) is 32.5 Å². The molecular formula is C18H25F2N3O3S. The van der Waals surface area contributed by atoms with Gasteiger partial charge in [-0.1, -0.05) is 0 Å². The highest BCUT2D eigenvalue weighted by atomic mass is 32.2. The van der Waals surface area contributed by atoms with E-state index in [4.69, 9.17) is 10.5 Å². The Bertz CT molecular complexity index is 822. The van der Waals surface area contributed by atoms with Crippen molar-refractivity contribution in [2.24, 2.45) is 11.7 Å². The summed E-state index contributed by atoms with van der Waals surface area (Å²) >= 11 is 0. The van der Waals surface area contributed by atoms with Crippen molar-refractivity contribution in [1.29, 1.82) is 0 Å². The molecule has 0 saturated carbocycles. The maximum Gasteiger partial charge on any atom is 0.211 e. The number of sulfonamides is 1. The van der Waals surface area contributed by atoms with Gasteiger partial charge in [-0.2, -0.15) is 4.31 Å². The van der Waals surface area contributed by atoms with E-state index in [0.717, 1.165) is 31.2 Å². The van der Waals surface area contributed by atoms with E-state index in [-0.39, 0.29) is 17.6 Å². The third-order valence-corrected chi connectivity index (χ3v) is 7.44. The van der Waals surface area contributed by atoms with Crippen molar-refractivity contribution in [3.8, 4) is 0 Å². The fourth-order valence-electron chi connectivity index (χ4n) is 4.82. The van der Waals surface area contributed by atoms with Gasteiger partial charge in [0, 0.05) is 43.3 Å². The zero-order valence-electron chi connectivity index (χ0n) is 15.2. The third kappa shape index (κ3) is 3.63. The first kappa shape index (κ1) is 19.2. The molecule has 2 N–H and O–H groups in total. The Morgan fingerprint density at radius 2 is 2.04 bits per heavy atom. The Hall–Kier alpha value is -1.13. The average Bonchev–Trinajstić information content (AvgIpc) is 3.16. The van der Waals surface area contributed by atoms with Crippen LogP contribution in [-0.2, 0) is 14.8 Å². The smallest absolute Gasteiger partial charge is 0.211 e. The number of hydrogen-bond donors (Lipinski definition) is 1. The third-order valence-electron chi connectivity index (χ3n) is 6.13. The number of fused-ring (bicyclic) bond motifs is 1. The molecule has 3 fully saturated rings. The van der Waals surface area contributed by atoms with Crippen LogP contribution in [0.5, 0.6) is 0 Å². The Morgan fingerprint density at radius 3 is 2.74 bits per heavy atom. The fraction of sp³-hybridized carbons (Fsp3) is 0.667. The van der Waals surface area contributed by atoms with Gasteiger partial charge < -0.3 is 10.5 Å². The second-order valence-electron chi connectivity index (χ2n) is 7.92. The maximum absolute atomic E-state index is 14.1. The number of ether oxygens (including phenoxy) is 1. The van der Waals surface area contributed by atoms with Crippen molar-refractivity contribution >= 4 is 10.0 Å². The second-order valence-corrected chi connectivity index (χ2v) is 9.85. The summed E-state index contributed by atoms with van der Waals surface area (Å²) in [5.74, 6) is -0.707. The standard InChI is InChI=1S/C18H25F2N3O3S/c1-27(24,25)23-5-4-11-8-22(9-17(11)23)13-7-16(21)18(26-10-13)14-6-12(19)2-3-15(14)20/h2-3,6,11,13,16-18H,4-5,7-10,21H2,1H3/t11?,13-,16+,17?,18-/m1/s1. The van der Waals surface area contributed by atoms with Gasteiger partial charge in [0.1, 0.15) is 17.7 Å². The molecule has 9 heteroatoms. The molecule has 4 rings (SSSR count). The maximum atomic E-state index is 14.1. The van der Waals surface area contributed by atoms with Gasteiger partial charge >= 0.3 is 0 Å². The number of likely N-dealkylation sites (tertiary alicyclic amines) is 1. The molecule has 3 heterocycles. The van der Waals surface area contributed by atoms with Crippen molar-refractivity contribution < 1.29 is 21.9 Å².